The van der Waals surface area contributed by atoms with Crippen LogP contribution < -0.4 is 36.8 Å². The molecule has 2 aromatic rings. The SMILES string of the molecule is CCN(CC)c1ccc2c(-c3ccc(S(=O)(=O)NC(CCCN=C(N)N)C(N)=O)cc3S(=O)(=O)[O-])c3ccc(=[N+](CC)CC)cc-3oc2c1. The molecule has 1 aliphatic carbocycles. The second-order valence-corrected chi connectivity index (χ2v) is 14.4. The van der Waals surface area contributed by atoms with Crippen LogP contribution in [0.1, 0.15) is 40.5 Å². The number of aliphatic imine (C=N–C) groups is 1. The van der Waals surface area contributed by atoms with Gasteiger partial charge in [-0.15, -0.1) is 0 Å². The highest BCUT2D eigenvalue weighted by atomic mass is 32.2. The number of hydrogen-bond donors (Lipinski definition) is 4. The number of carbonyl (C=O) groups excluding carboxylic acids is 1. The first-order valence-corrected chi connectivity index (χ1v) is 18.8. The first-order chi connectivity index (χ1) is 23.1. The van der Waals surface area contributed by atoms with Crippen molar-refractivity contribution in [3.8, 4) is 22.5 Å². The van der Waals surface area contributed by atoms with Crippen LogP contribution in [0.5, 0.6) is 0 Å². The summed E-state index contributed by atoms with van der Waals surface area (Å²) >= 11 is 0. The molecule has 7 N–H and O–H groups in total. The normalized spacial score (nSPS) is 12.6. The van der Waals surface area contributed by atoms with Crippen LogP contribution in [0.2, 0.25) is 0 Å². The van der Waals surface area contributed by atoms with Crippen LogP contribution in [-0.4, -0.2) is 72.0 Å². The van der Waals surface area contributed by atoms with Crippen molar-refractivity contribution in [1.82, 2.24) is 9.30 Å². The van der Waals surface area contributed by atoms with E-state index in [-0.39, 0.29) is 30.9 Å². The number of nitrogens with two attached hydrogens (primary N) is 3. The standard InChI is InChI=1S/C33H43N7O7S2/c1-5-39(6-2)21-11-14-24-28(18-21)47-29-19-22(40(7-3)8-4)12-15-25(29)31(24)26-16-13-23(20-30(26)49(44,45)46)48(42,43)38-27(32(34)41)10-9-17-37-33(35)36/h11-16,18-20,27,38H,5-10,17H2,1-4H3,(H6-,34,35,36,37,41,44,45,46). The lowest BCUT2D eigenvalue weighted by atomic mass is 9.93. The Balaban J connectivity index is 1.96. The summed E-state index contributed by atoms with van der Waals surface area (Å²) in [6.45, 7) is 11.2. The fourth-order valence-electron chi connectivity index (χ4n) is 5.83. The molecule has 1 atom stereocenters. The van der Waals surface area contributed by atoms with Gasteiger partial charge in [-0.3, -0.25) is 9.79 Å². The molecule has 49 heavy (non-hydrogen) atoms. The highest BCUT2D eigenvalue weighted by molar-refractivity contribution is 7.89. The molecule has 0 saturated carbocycles. The number of rotatable bonds is 15. The van der Waals surface area contributed by atoms with Crippen LogP contribution >= 0.6 is 0 Å². The summed E-state index contributed by atoms with van der Waals surface area (Å²) in [5, 5.41) is 1.41. The Bertz CT molecular complexity index is 2130. The van der Waals surface area contributed by atoms with E-state index in [1.807, 2.05) is 52.0 Å². The van der Waals surface area contributed by atoms with Crippen molar-refractivity contribution in [1.29, 1.82) is 0 Å². The summed E-state index contributed by atoms with van der Waals surface area (Å²) in [5.41, 5.74) is 18.3. The zero-order chi connectivity index (χ0) is 36.1. The van der Waals surface area contributed by atoms with Gasteiger partial charge in [0.25, 0.3) is 0 Å². The zero-order valence-electron chi connectivity index (χ0n) is 28.0. The van der Waals surface area contributed by atoms with E-state index in [0.29, 0.717) is 27.9 Å². The third-order valence-corrected chi connectivity index (χ3v) is 10.7. The van der Waals surface area contributed by atoms with Gasteiger partial charge in [0.15, 0.2) is 5.96 Å². The second kappa shape index (κ2) is 15.4. The molecule has 1 aliphatic heterocycles. The average Bonchev–Trinajstić information content (AvgIpc) is 3.05. The maximum atomic E-state index is 13.4. The monoisotopic (exact) mass is 713 g/mol. The Morgan fingerprint density at radius 2 is 1.61 bits per heavy atom. The van der Waals surface area contributed by atoms with E-state index >= 15 is 0 Å². The molecule has 0 saturated heterocycles. The van der Waals surface area contributed by atoms with Crippen LogP contribution in [-0.2, 0) is 24.9 Å². The van der Waals surface area contributed by atoms with Gasteiger partial charge in [0.2, 0.25) is 21.3 Å². The van der Waals surface area contributed by atoms with Crippen molar-refractivity contribution in [2.45, 2.75) is 56.4 Å². The van der Waals surface area contributed by atoms with Gasteiger partial charge < -0.3 is 31.1 Å². The highest BCUT2D eigenvalue weighted by Gasteiger charge is 2.28. The molecule has 0 fully saturated rings. The Hall–Kier alpha value is -4.51. The van der Waals surface area contributed by atoms with Crippen molar-refractivity contribution in [3.05, 3.63) is 60.0 Å². The minimum atomic E-state index is -5.25. The summed E-state index contributed by atoms with van der Waals surface area (Å²) < 4.78 is 76.3. The van der Waals surface area contributed by atoms with Crippen LogP contribution in [0.15, 0.2) is 73.8 Å². The van der Waals surface area contributed by atoms with Gasteiger partial charge in [-0.05, 0) is 70.9 Å². The number of nitrogens with zero attached hydrogens (tertiary/aromatic N) is 3. The van der Waals surface area contributed by atoms with Gasteiger partial charge in [-0.1, -0.05) is 6.07 Å². The first kappa shape index (κ1) is 37.3. The molecule has 0 spiro atoms. The van der Waals surface area contributed by atoms with Crippen molar-refractivity contribution in [3.63, 3.8) is 0 Å². The molecule has 1 unspecified atom stereocenters. The molecule has 1 amide bonds. The number of amides is 1. The van der Waals surface area contributed by atoms with Gasteiger partial charge >= 0.3 is 0 Å². The quantitative estimate of drug-likeness (QED) is 0.0349. The van der Waals surface area contributed by atoms with Crippen molar-refractivity contribution in [2.24, 2.45) is 22.2 Å². The van der Waals surface area contributed by atoms with E-state index in [1.165, 1.54) is 12.1 Å². The number of guanidine groups is 1. The van der Waals surface area contributed by atoms with Crippen molar-refractivity contribution >= 4 is 48.7 Å². The number of anilines is 1. The van der Waals surface area contributed by atoms with Crippen LogP contribution in [0, 0.1) is 0 Å². The minimum absolute atomic E-state index is 0.00499. The molecule has 0 radical (unpaired) electrons. The third kappa shape index (κ3) is 8.39. The largest absolute Gasteiger partial charge is 0.744 e. The number of hydrogen-bond acceptors (Lipinski definition) is 9. The molecule has 1 heterocycles. The lowest BCUT2D eigenvalue weighted by molar-refractivity contribution is -0.119. The predicted molar refractivity (Wildman–Crippen MR) is 189 cm³/mol. The highest BCUT2D eigenvalue weighted by Crippen LogP contribution is 2.43. The van der Waals surface area contributed by atoms with Crippen LogP contribution in [0.3, 0.4) is 0 Å². The summed E-state index contributed by atoms with van der Waals surface area (Å²) in [4.78, 5) is 16.7. The van der Waals surface area contributed by atoms with E-state index in [4.69, 9.17) is 21.6 Å². The lowest BCUT2D eigenvalue weighted by Gasteiger charge is -2.23. The second-order valence-electron chi connectivity index (χ2n) is 11.3. The molecule has 14 nitrogen and oxygen atoms in total. The number of primary amides is 1. The van der Waals surface area contributed by atoms with E-state index in [1.54, 1.807) is 12.1 Å². The van der Waals surface area contributed by atoms with Gasteiger partial charge in [-0.2, -0.15) is 4.72 Å². The third-order valence-electron chi connectivity index (χ3n) is 8.33. The molecule has 4 rings (SSSR count). The Morgan fingerprint density at radius 3 is 2.20 bits per heavy atom. The van der Waals surface area contributed by atoms with Crippen molar-refractivity contribution < 1.29 is 30.6 Å². The lowest BCUT2D eigenvalue weighted by Crippen LogP contribution is -2.44. The number of carbonyl (C=O) groups is 1. The van der Waals surface area contributed by atoms with Crippen LogP contribution in [0.25, 0.3) is 33.4 Å². The smallest absolute Gasteiger partial charge is 0.241 e. The molecular weight excluding hydrogens is 671 g/mol. The minimum Gasteiger partial charge on any atom is -0.744 e. The maximum Gasteiger partial charge on any atom is 0.241 e. The Labute approximate surface area is 286 Å². The van der Waals surface area contributed by atoms with E-state index < -0.39 is 41.9 Å². The summed E-state index contributed by atoms with van der Waals surface area (Å²) in [6, 6.07) is 13.0. The Kier molecular flexibility index (Phi) is 11.7. The maximum absolute atomic E-state index is 13.4. The zero-order valence-corrected chi connectivity index (χ0v) is 29.6. The van der Waals surface area contributed by atoms with E-state index in [0.717, 1.165) is 43.3 Å². The topological polar surface area (TPSA) is 230 Å². The fraction of sp³-hybridized carbons (Fsp3) is 0.364. The first-order valence-electron chi connectivity index (χ1n) is 16.0. The summed E-state index contributed by atoms with van der Waals surface area (Å²) in [6.07, 6.45) is 0.185. The fourth-order valence-corrected chi connectivity index (χ4v) is 7.88. The number of fused-ring (bicyclic) bond motifs is 2. The summed E-state index contributed by atoms with van der Waals surface area (Å²) in [7, 11) is -9.79. The van der Waals surface area contributed by atoms with Gasteiger partial charge in [0.1, 0.15) is 40.6 Å². The summed E-state index contributed by atoms with van der Waals surface area (Å²) in [5.74, 6) is -0.675. The van der Waals surface area contributed by atoms with Gasteiger partial charge in [-0.25, -0.2) is 21.4 Å². The molecule has 2 aliphatic rings. The predicted octanol–water partition coefficient (Wildman–Crippen LogP) is 1.95. The van der Waals surface area contributed by atoms with E-state index in [2.05, 4.69) is 19.2 Å². The number of nitrogens with one attached hydrogen (secondary N) is 1. The molecule has 2 aromatic carbocycles. The van der Waals surface area contributed by atoms with Gasteiger partial charge in [0.05, 0.1) is 15.9 Å². The Morgan fingerprint density at radius 1 is 0.939 bits per heavy atom. The molecule has 264 valence electrons. The van der Waals surface area contributed by atoms with E-state index in [9.17, 15) is 26.2 Å². The number of benzene rings is 3. The molecule has 0 aromatic heterocycles. The molecular formula is C33H43N7O7S2. The molecule has 16 heteroatoms. The molecule has 0 bridgehead atoms. The van der Waals surface area contributed by atoms with Crippen LogP contribution in [0.4, 0.5) is 5.69 Å². The van der Waals surface area contributed by atoms with Gasteiger partial charge in [0, 0.05) is 59.5 Å². The number of sulfonamides is 1. The van der Waals surface area contributed by atoms with Crippen molar-refractivity contribution in [2.75, 3.05) is 37.6 Å². The average molecular weight is 714 g/mol.